The third-order valence-corrected chi connectivity index (χ3v) is 6.97. The van der Waals surface area contributed by atoms with E-state index in [9.17, 15) is 13.2 Å². The second-order valence-corrected chi connectivity index (χ2v) is 9.50. The molecule has 2 aromatic rings. The Bertz CT molecular complexity index is 952. The molecular weight excluding hydrogens is 400 g/mol. The molecule has 2 aromatic carbocycles. The number of methoxy groups -OCH3 is 1. The minimum atomic E-state index is -3.76. The molecule has 6 nitrogen and oxygen atoms in total. The lowest BCUT2D eigenvalue weighted by atomic mass is 10.0. The lowest BCUT2D eigenvalue weighted by Crippen LogP contribution is -2.32. The molecule has 1 aliphatic rings. The van der Waals surface area contributed by atoms with E-state index < -0.39 is 10.0 Å². The van der Waals surface area contributed by atoms with Crippen LogP contribution in [-0.2, 0) is 10.0 Å². The predicted molar refractivity (Wildman–Crippen MR) is 117 cm³/mol. The SMILES string of the molecule is COc1ccc(S(=O)(=O)NC[C@@H](C)c2ccccc2)cc1C(=O)N1CCCCCC1. The number of rotatable bonds is 7. The highest BCUT2D eigenvalue weighted by molar-refractivity contribution is 7.89. The summed E-state index contributed by atoms with van der Waals surface area (Å²) in [7, 11) is -2.27. The van der Waals surface area contributed by atoms with E-state index in [-0.39, 0.29) is 23.3 Å². The first-order valence-corrected chi connectivity index (χ1v) is 11.9. The average Bonchev–Trinajstić information content (AvgIpc) is 3.06. The first-order chi connectivity index (χ1) is 14.4. The second-order valence-electron chi connectivity index (χ2n) is 7.73. The Labute approximate surface area is 179 Å². The standard InChI is InChI=1S/C23H30N2O4S/c1-18(19-10-6-5-7-11-19)17-24-30(27,28)20-12-13-22(29-2)21(16-20)23(26)25-14-8-3-4-9-15-25/h5-7,10-13,16,18,24H,3-4,8-9,14-15,17H2,1-2H3/t18-/m1/s1. The van der Waals surface area contributed by atoms with E-state index in [4.69, 9.17) is 4.74 Å². The van der Waals surface area contributed by atoms with E-state index in [0.717, 1.165) is 31.2 Å². The fourth-order valence-electron chi connectivity index (χ4n) is 3.68. The molecule has 1 atom stereocenters. The number of ether oxygens (including phenoxy) is 1. The van der Waals surface area contributed by atoms with Gasteiger partial charge < -0.3 is 9.64 Å². The van der Waals surface area contributed by atoms with Crippen LogP contribution in [0, 0.1) is 0 Å². The first kappa shape index (κ1) is 22.3. The van der Waals surface area contributed by atoms with Gasteiger partial charge in [-0.25, -0.2) is 13.1 Å². The van der Waals surface area contributed by atoms with Crippen LogP contribution in [0.5, 0.6) is 5.75 Å². The van der Waals surface area contributed by atoms with Gasteiger partial charge in [0, 0.05) is 19.6 Å². The molecule has 0 unspecified atom stereocenters. The lowest BCUT2D eigenvalue weighted by molar-refractivity contribution is 0.0758. The zero-order valence-electron chi connectivity index (χ0n) is 17.6. The maximum absolute atomic E-state index is 13.1. The van der Waals surface area contributed by atoms with E-state index in [2.05, 4.69) is 4.72 Å². The molecule has 162 valence electrons. The smallest absolute Gasteiger partial charge is 0.257 e. The van der Waals surface area contributed by atoms with E-state index >= 15 is 0 Å². The van der Waals surface area contributed by atoms with Gasteiger partial charge in [0.2, 0.25) is 10.0 Å². The van der Waals surface area contributed by atoms with Crippen molar-refractivity contribution in [3.63, 3.8) is 0 Å². The Morgan fingerprint density at radius 2 is 1.73 bits per heavy atom. The fourth-order valence-corrected chi connectivity index (χ4v) is 4.84. The molecule has 30 heavy (non-hydrogen) atoms. The number of sulfonamides is 1. The molecule has 0 bridgehead atoms. The zero-order valence-corrected chi connectivity index (χ0v) is 18.5. The molecule has 3 rings (SSSR count). The van der Waals surface area contributed by atoms with Crippen molar-refractivity contribution in [1.82, 2.24) is 9.62 Å². The number of nitrogens with one attached hydrogen (secondary N) is 1. The summed E-state index contributed by atoms with van der Waals surface area (Å²) in [6.07, 6.45) is 4.15. The van der Waals surface area contributed by atoms with Crippen LogP contribution in [0.2, 0.25) is 0 Å². The van der Waals surface area contributed by atoms with Crippen LogP contribution in [0.15, 0.2) is 53.4 Å². The molecule has 0 aromatic heterocycles. The van der Waals surface area contributed by atoms with Crippen molar-refractivity contribution in [1.29, 1.82) is 0 Å². The summed E-state index contributed by atoms with van der Waals surface area (Å²) in [6.45, 7) is 3.62. The summed E-state index contributed by atoms with van der Waals surface area (Å²) in [6, 6.07) is 14.2. The van der Waals surface area contributed by atoms with Gasteiger partial charge in [-0.2, -0.15) is 0 Å². The summed E-state index contributed by atoms with van der Waals surface area (Å²) in [5.74, 6) is 0.238. The minimum absolute atomic E-state index is 0.0254. The molecule has 0 aliphatic carbocycles. The number of carbonyl (C=O) groups excluding carboxylic acids is 1. The van der Waals surface area contributed by atoms with Crippen molar-refractivity contribution in [3.8, 4) is 5.75 Å². The van der Waals surface area contributed by atoms with E-state index in [1.54, 1.807) is 11.0 Å². The van der Waals surface area contributed by atoms with Gasteiger partial charge in [0.15, 0.2) is 0 Å². The molecule has 1 amide bonds. The van der Waals surface area contributed by atoms with Crippen LogP contribution in [-0.4, -0.2) is 46.0 Å². The molecule has 1 saturated heterocycles. The van der Waals surface area contributed by atoms with Crippen molar-refractivity contribution in [2.24, 2.45) is 0 Å². The minimum Gasteiger partial charge on any atom is -0.496 e. The number of likely N-dealkylation sites (tertiary alicyclic amines) is 1. The van der Waals surface area contributed by atoms with Crippen molar-refractivity contribution in [3.05, 3.63) is 59.7 Å². The maximum atomic E-state index is 13.1. The van der Waals surface area contributed by atoms with Crippen molar-refractivity contribution in [2.75, 3.05) is 26.7 Å². The number of hydrogen-bond acceptors (Lipinski definition) is 4. The van der Waals surface area contributed by atoms with E-state index in [1.807, 2.05) is 37.3 Å². The number of nitrogens with zero attached hydrogens (tertiary/aromatic N) is 1. The first-order valence-electron chi connectivity index (χ1n) is 10.4. The summed E-state index contributed by atoms with van der Waals surface area (Å²) < 4.78 is 33.8. The number of carbonyl (C=O) groups is 1. The largest absolute Gasteiger partial charge is 0.496 e. The maximum Gasteiger partial charge on any atom is 0.257 e. The highest BCUT2D eigenvalue weighted by atomic mass is 32.2. The lowest BCUT2D eigenvalue weighted by Gasteiger charge is -2.22. The Morgan fingerprint density at radius 1 is 1.07 bits per heavy atom. The third-order valence-electron chi connectivity index (χ3n) is 5.55. The van der Waals surface area contributed by atoms with Crippen LogP contribution in [0.3, 0.4) is 0 Å². The molecule has 0 spiro atoms. The quantitative estimate of drug-likeness (QED) is 0.725. The molecule has 1 aliphatic heterocycles. The average molecular weight is 431 g/mol. The van der Waals surface area contributed by atoms with Gasteiger partial charge in [0.05, 0.1) is 17.6 Å². The van der Waals surface area contributed by atoms with Gasteiger partial charge in [0.25, 0.3) is 5.91 Å². The highest BCUT2D eigenvalue weighted by Crippen LogP contribution is 2.25. The molecule has 1 N–H and O–H groups in total. The summed E-state index contributed by atoms with van der Waals surface area (Å²) in [5, 5.41) is 0. The number of amides is 1. The molecule has 7 heteroatoms. The Morgan fingerprint density at radius 3 is 2.37 bits per heavy atom. The molecular formula is C23H30N2O4S. The van der Waals surface area contributed by atoms with E-state index in [1.165, 1.54) is 19.2 Å². The van der Waals surface area contributed by atoms with Gasteiger partial charge in [-0.15, -0.1) is 0 Å². The highest BCUT2D eigenvalue weighted by Gasteiger charge is 2.24. The summed E-state index contributed by atoms with van der Waals surface area (Å²) >= 11 is 0. The van der Waals surface area contributed by atoms with E-state index in [0.29, 0.717) is 24.4 Å². The number of hydrogen-bond donors (Lipinski definition) is 1. The predicted octanol–water partition coefficient (Wildman–Crippen LogP) is 3.79. The zero-order chi connectivity index (χ0) is 21.6. The molecule has 1 fully saturated rings. The second kappa shape index (κ2) is 10.1. The number of benzene rings is 2. The van der Waals surface area contributed by atoms with Crippen molar-refractivity contribution in [2.45, 2.75) is 43.4 Å². The summed E-state index contributed by atoms with van der Waals surface area (Å²) in [4.78, 5) is 15.0. The monoisotopic (exact) mass is 430 g/mol. The van der Waals surface area contributed by atoms with Crippen LogP contribution in [0.1, 0.15) is 54.4 Å². The molecule has 0 saturated carbocycles. The van der Waals surface area contributed by atoms with Crippen LogP contribution in [0.25, 0.3) is 0 Å². The Kier molecular flexibility index (Phi) is 7.50. The normalized spacial score (nSPS) is 16.0. The van der Waals surface area contributed by atoms with Gasteiger partial charge >= 0.3 is 0 Å². The Balaban J connectivity index is 1.79. The topological polar surface area (TPSA) is 75.7 Å². The van der Waals surface area contributed by atoms with Crippen LogP contribution < -0.4 is 9.46 Å². The van der Waals surface area contributed by atoms with Gasteiger partial charge in [0.1, 0.15) is 5.75 Å². The fraction of sp³-hybridized carbons (Fsp3) is 0.435. The van der Waals surface area contributed by atoms with Crippen molar-refractivity contribution < 1.29 is 17.9 Å². The van der Waals surface area contributed by atoms with Crippen molar-refractivity contribution >= 4 is 15.9 Å². The van der Waals surface area contributed by atoms with Gasteiger partial charge in [-0.1, -0.05) is 50.1 Å². The van der Waals surface area contributed by atoms with Crippen LogP contribution in [0.4, 0.5) is 0 Å². The summed E-state index contributed by atoms with van der Waals surface area (Å²) in [5.41, 5.74) is 1.35. The molecule has 0 radical (unpaired) electrons. The third kappa shape index (κ3) is 5.40. The van der Waals surface area contributed by atoms with Gasteiger partial charge in [-0.05, 0) is 42.5 Å². The van der Waals surface area contributed by atoms with Crippen LogP contribution >= 0.6 is 0 Å². The molecule has 1 heterocycles. The Hall–Kier alpha value is -2.38. The van der Waals surface area contributed by atoms with Gasteiger partial charge in [-0.3, -0.25) is 4.79 Å².